The molecule has 15 heteroatoms. The van der Waals surface area contributed by atoms with Crippen LogP contribution in [0.2, 0.25) is 0 Å². The Morgan fingerprint density at radius 1 is 1.02 bits per heavy atom. The number of pyridine rings is 2. The number of hydrogen-bond acceptors (Lipinski definition) is 8. The van der Waals surface area contributed by atoms with Crippen LogP contribution in [-0.4, -0.2) is 95.9 Å². The van der Waals surface area contributed by atoms with Crippen LogP contribution in [0, 0.1) is 5.41 Å². The van der Waals surface area contributed by atoms with E-state index >= 15 is 0 Å². The third kappa shape index (κ3) is 9.18. The van der Waals surface area contributed by atoms with Gasteiger partial charge >= 0.3 is 12.1 Å². The number of fused-ring (bicyclic) bond motifs is 1. The van der Waals surface area contributed by atoms with E-state index in [1.54, 1.807) is 7.11 Å². The molecule has 0 radical (unpaired) electrons. The Kier molecular flexibility index (Phi) is 12.8. The van der Waals surface area contributed by atoms with E-state index in [-0.39, 0.29) is 48.3 Å². The number of anilines is 2. The van der Waals surface area contributed by atoms with Crippen LogP contribution in [-0.2, 0) is 15.7 Å². The summed E-state index contributed by atoms with van der Waals surface area (Å²) < 4.78 is 48.5. The predicted octanol–water partition coefficient (Wildman–Crippen LogP) is 8.06. The number of rotatable bonds is 12. The summed E-state index contributed by atoms with van der Waals surface area (Å²) in [6.45, 7) is 5.14. The fraction of sp³-hybridized carbons (Fsp3) is 0.526. The second-order valence-electron chi connectivity index (χ2n) is 14.6. The van der Waals surface area contributed by atoms with E-state index in [0.29, 0.717) is 35.9 Å². The molecule has 2 saturated carbocycles. The first kappa shape index (κ1) is 40.5. The Morgan fingerprint density at radius 3 is 2.34 bits per heavy atom. The van der Waals surface area contributed by atoms with E-state index in [4.69, 9.17) is 19.8 Å². The minimum absolute atomic E-state index is 0. The van der Waals surface area contributed by atoms with Crippen molar-refractivity contribution in [3.05, 3.63) is 53.9 Å². The maximum absolute atomic E-state index is 14.3. The highest BCUT2D eigenvalue weighted by molar-refractivity contribution is 5.91. The number of nitrogens with one attached hydrogen (secondary N) is 1. The number of ether oxygens (including phenoxy) is 1. The maximum atomic E-state index is 14.3. The number of aliphatic carboxylic acids is 1. The number of carboxylic acid groups (broad SMARTS) is 1. The molecule has 288 valence electrons. The highest BCUT2D eigenvalue weighted by Crippen LogP contribution is 2.46. The number of methoxy groups -OCH3 is 1. The lowest BCUT2D eigenvalue weighted by molar-refractivity contribution is -0.139. The van der Waals surface area contributed by atoms with Gasteiger partial charge in [0, 0.05) is 87.8 Å². The highest BCUT2D eigenvalue weighted by atomic mass is 35.5. The number of carboxylic acids is 1. The molecule has 0 unspecified atom stereocenters. The molecule has 0 spiro atoms. The van der Waals surface area contributed by atoms with Crippen LogP contribution in [0.4, 0.5) is 24.5 Å². The lowest BCUT2D eigenvalue weighted by Crippen LogP contribution is -2.46. The fourth-order valence-corrected chi connectivity index (χ4v) is 7.94. The summed E-state index contributed by atoms with van der Waals surface area (Å²) in [6.07, 6.45) is 4.17. The van der Waals surface area contributed by atoms with Crippen molar-refractivity contribution in [3.8, 4) is 22.6 Å². The molecular formula is C38H48Cl2F3N7O3. The van der Waals surface area contributed by atoms with Crippen molar-refractivity contribution in [1.29, 1.82) is 0 Å². The third-order valence-corrected chi connectivity index (χ3v) is 10.8. The molecule has 10 nitrogen and oxygen atoms in total. The summed E-state index contributed by atoms with van der Waals surface area (Å²) in [4.78, 5) is 35.2. The molecule has 4 heterocycles. The van der Waals surface area contributed by atoms with E-state index in [0.717, 1.165) is 93.7 Å². The number of alkyl halides is 3. The molecule has 53 heavy (non-hydrogen) atoms. The number of imidazole rings is 1. The van der Waals surface area contributed by atoms with Crippen molar-refractivity contribution in [1.82, 2.24) is 24.8 Å². The molecule has 1 aromatic carbocycles. The number of hydrogen-bond donors (Lipinski definition) is 2. The van der Waals surface area contributed by atoms with Gasteiger partial charge in [0.05, 0.1) is 35.7 Å². The van der Waals surface area contributed by atoms with Gasteiger partial charge in [-0.15, -0.1) is 24.8 Å². The molecule has 0 bridgehead atoms. The van der Waals surface area contributed by atoms with E-state index in [9.17, 15) is 18.0 Å². The van der Waals surface area contributed by atoms with Crippen molar-refractivity contribution < 1.29 is 27.8 Å². The van der Waals surface area contributed by atoms with E-state index in [1.807, 2.05) is 25.2 Å². The monoisotopic (exact) mass is 777 g/mol. The summed E-state index contributed by atoms with van der Waals surface area (Å²) in [7, 11) is 3.77. The number of benzene rings is 1. The highest BCUT2D eigenvalue weighted by Gasteiger charge is 2.40. The van der Waals surface area contributed by atoms with E-state index in [1.165, 1.54) is 18.7 Å². The van der Waals surface area contributed by atoms with E-state index < -0.39 is 17.7 Å². The lowest BCUT2D eigenvalue weighted by atomic mass is 9.74. The normalized spacial score (nSPS) is 17.6. The second kappa shape index (κ2) is 16.8. The van der Waals surface area contributed by atoms with Gasteiger partial charge in [0.15, 0.2) is 5.65 Å². The molecule has 0 atom stereocenters. The molecular weight excluding hydrogens is 730 g/mol. The molecule has 1 aliphatic heterocycles. The minimum Gasteiger partial charge on any atom is -0.481 e. The summed E-state index contributed by atoms with van der Waals surface area (Å²) in [6, 6.07) is 11.2. The fourth-order valence-electron chi connectivity index (χ4n) is 7.94. The number of piperazine rings is 1. The van der Waals surface area contributed by atoms with Gasteiger partial charge in [0.1, 0.15) is 11.3 Å². The van der Waals surface area contributed by atoms with Crippen molar-refractivity contribution in [2.24, 2.45) is 5.41 Å². The van der Waals surface area contributed by atoms with Crippen LogP contribution in [0.1, 0.15) is 68.5 Å². The van der Waals surface area contributed by atoms with Crippen molar-refractivity contribution >= 4 is 53.3 Å². The lowest BCUT2D eigenvalue weighted by Gasteiger charge is -2.40. The van der Waals surface area contributed by atoms with Gasteiger partial charge in [0.25, 0.3) is 0 Å². The zero-order chi connectivity index (χ0) is 35.8. The zero-order valence-electron chi connectivity index (χ0n) is 30.1. The molecule has 3 fully saturated rings. The van der Waals surface area contributed by atoms with Gasteiger partial charge in [-0.05, 0) is 62.1 Å². The first-order chi connectivity index (χ1) is 24.5. The topological polar surface area (TPSA) is 111 Å². The number of carbonyl (C=O) groups is 1. The molecule has 2 aliphatic carbocycles. The number of H-pyrrole nitrogens is 1. The van der Waals surface area contributed by atoms with Gasteiger partial charge in [-0.3, -0.25) is 14.7 Å². The van der Waals surface area contributed by atoms with E-state index in [2.05, 4.69) is 36.8 Å². The van der Waals surface area contributed by atoms with Crippen LogP contribution < -0.4 is 9.80 Å². The molecule has 3 aliphatic rings. The number of nitrogens with zero attached hydrogens (tertiary/aromatic N) is 6. The largest absolute Gasteiger partial charge is 0.481 e. The average Bonchev–Trinajstić information content (AvgIpc) is 3.88. The second-order valence-corrected chi connectivity index (χ2v) is 14.6. The van der Waals surface area contributed by atoms with Crippen molar-refractivity contribution in [2.45, 2.75) is 63.5 Å². The summed E-state index contributed by atoms with van der Waals surface area (Å²) in [5, 5.41) is 9.01. The van der Waals surface area contributed by atoms with Gasteiger partial charge in [-0.1, -0.05) is 19.3 Å². The minimum atomic E-state index is -4.52. The van der Waals surface area contributed by atoms with Gasteiger partial charge in [-0.25, -0.2) is 9.97 Å². The van der Waals surface area contributed by atoms with Crippen LogP contribution in [0.5, 0.6) is 0 Å². The van der Waals surface area contributed by atoms with Crippen molar-refractivity contribution in [2.75, 3.05) is 69.8 Å². The molecule has 2 N–H and O–H groups in total. The first-order valence-corrected chi connectivity index (χ1v) is 18.0. The third-order valence-electron chi connectivity index (χ3n) is 10.8. The van der Waals surface area contributed by atoms with Crippen LogP contribution >= 0.6 is 24.8 Å². The van der Waals surface area contributed by atoms with Crippen LogP contribution in [0.3, 0.4) is 0 Å². The number of halogens is 5. The number of aromatic nitrogens is 4. The van der Waals surface area contributed by atoms with Gasteiger partial charge in [-0.2, -0.15) is 13.2 Å². The summed E-state index contributed by atoms with van der Waals surface area (Å²) in [5.74, 6) is -0.302. The Labute approximate surface area is 320 Å². The Hall–Kier alpha value is -3.65. The van der Waals surface area contributed by atoms with Crippen molar-refractivity contribution in [3.63, 3.8) is 0 Å². The molecule has 7 rings (SSSR count). The summed E-state index contributed by atoms with van der Waals surface area (Å²) >= 11 is 0. The number of aromatic amines is 1. The smallest absolute Gasteiger partial charge is 0.418 e. The summed E-state index contributed by atoms with van der Waals surface area (Å²) in [5.41, 5.74) is 4.00. The SMILES string of the molecule is COCC1(CN(C)c2cc(-c3cnc(C4CC4)c(C(F)(F)F)c3)nc3nc(-c4ccc(N5CCN(CCC(=O)O)CC5)cc4)[nH]c23)CCCCC1.Cl.Cl. The van der Waals surface area contributed by atoms with Crippen LogP contribution in [0.25, 0.3) is 33.8 Å². The Bertz CT molecular complexity index is 1850. The molecule has 0 amide bonds. The molecule has 4 aromatic rings. The standard InChI is InChI=1S/C38H46F3N7O3.2ClH/c1-46(23-37(24-51-2)13-4-3-5-14-37)31-21-30(27-20-29(38(39,40)41)33(42-22-27)25-6-7-25)43-36-34(31)44-35(45-36)26-8-10-28(11-9-26)48-18-16-47(17-19-48)15-12-32(49)50;;/h8-11,20-22,25H,3-7,12-19,23-24H2,1-2H3,(H,49,50)(H,43,44,45);2*1H. The zero-order valence-corrected chi connectivity index (χ0v) is 31.8. The predicted molar refractivity (Wildman–Crippen MR) is 206 cm³/mol. The van der Waals surface area contributed by atoms with Gasteiger partial charge < -0.3 is 24.6 Å². The molecule has 1 saturated heterocycles. The maximum Gasteiger partial charge on any atom is 0.418 e. The first-order valence-electron chi connectivity index (χ1n) is 18.0. The quantitative estimate of drug-likeness (QED) is 0.148. The Balaban J connectivity index is 0.00000271. The van der Waals surface area contributed by atoms with Crippen LogP contribution in [0.15, 0.2) is 42.6 Å². The molecule has 3 aromatic heterocycles. The van der Waals surface area contributed by atoms with Gasteiger partial charge in [0.2, 0.25) is 0 Å². The average molecular weight is 779 g/mol. The Morgan fingerprint density at radius 2 is 1.72 bits per heavy atom.